The van der Waals surface area contributed by atoms with Gasteiger partial charge in [0.05, 0.1) is 27.7 Å². The molecular weight excluding hydrogens is 725 g/mol. The van der Waals surface area contributed by atoms with Crippen LogP contribution in [0, 0.1) is 0 Å². The summed E-state index contributed by atoms with van der Waals surface area (Å²) in [6.45, 7) is 4.36. The predicted molar refractivity (Wildman–Crippen MR) is 234 cm³/mol. The lowest BCUT2D eigenvalue weighted by atomic mass is 10.1. The molecule has 0 aliphatic rings. The molecule has 1 unspecified atom stereocenters. The monoisotopic (exact) mass is 813 g/mol. The molecule has 0 heterocycles. The van der Waals surface area contributed by atoms with E-state index in [0.29, 0.717) is 23.9 Å². The Bertz CT molecular complexity index is 1050. The van der Waals surface area contributed by atoms with E-state index in [1.807, 2.05) is 21.1 Å². The van der Waals surface area contributed by atoms with E-state index < -0.39 is 32.5 Å². The van der Waals surface area contributed by atoms with Crippen LogP contribution >= 0.6 is 7.82 Å². The van der Waals surface area contributed by atoms with Crippen molar-refractivity contribution in [3.63, 3.8) is 0 Å². The van der Waals surface area contributed by atoms with Crippen molar-refractivity contribution in [1.29, 1.82) is 0 Å². The van der Waals surface area contributed by atoms with E-state index in [9.17, 15) is 19.0 Å². The van der Waals surface area contributed by atoms with Gasteiger partial charge in [-0.25, -0.2) is 4.57 Å². The molecule has 2 atom stereocenters. The van der Waals surface area contributed by atoms with Gasteiger partial charge in [-0.2, -0.15) is 0 Å². The fraction of sp³-hybridized carbons (Fsp3) is 0.826. The van der Waals surface area contributed by atoms with Crippen LogP contribution < -0.4 is 0 Å². The first-order chi connectivity index (χ1) is 27.0. The zero-order valence-corrected chi connectivity index (χ0v) is 37.8. The van der Waals surface area contributed by atoms with E-state index in [2.05, 4.69) is 50.3 Å². The van der Waals surface area contributed by atoms with Gasteiger partial charge in [-0.15, -0.1) is 0 Å². The predicted octanol–water partition coefficient (Wildman–Crippen LogP) is 12.9. The zero-order valence-electron chi connectivity index (χ0n) is 36.9. The molecule has 0 fully saturated rings. The molecule has 0 radical (unpaired) electrons. The largest absolute Gasteiger partial charge is 0.472 e. The van der Waals surface area contributed by atoms with Gasteiger partial charge in [-0.05, 0) is 64.2 Å². The summed E-state index contributed by atoms with van der Waals surface area (Å²) in [5, 5.41) is 0. The van der Waals surface area contributed by atoms with Crippen LogP contribution in [0.1, 0.15) is 194 Å². The van der Waals surface area contributed by atoms with E-state index >= 15 is 0 Å². The Morgan fingerprint density at radius 2 is 0.982 bits per heavy atom. The lowest BCUT2D eigenvalue weighted by molar-refractivity contribution is -0.870. The van der Waals surface area contributed by atoms with Gasteiger partial charge in [0, 0.05) is 12.8 Å². The Kier molecular flexibility index (Phi) is 37.5. The summed E-state index contributed by atoms with van der Waals surface area (Å²) in [4.78, 5) is 35.3. The minimum atomic E-state index is -4.39. The summed E-state index contributed by atoms with van der Waals surface area (Å²) < 4.78 is 34.2. The number of phosphoric acid groups is 1. The molecule has 0 aromatic heterocycles. The molecule has 10 heteroatoms. The Morgan fingerprint density at radius 1 is 0.554 bits per heavy atom. The maximum Gasteiger partial charge on any atom is 0.472 e. The highest BCUT2D eigenvalue weighted by atomic mass is 31.2. The number of esters is 2. The van der Waals surface area contributed by atoms with Crippen molar-refractivity contribution in [3.8, 4) is 0 Å². The van der Waals surface area contributed by atoms with E-state index in [0.717, 1.165) is 44.9 Å². The van der Waals surface area contributed by atoms with Gasteiger partial charge in [0.2, 0.25) is 0 Å². The Hall–Kier alpha value is -1.77. The number of nitrogens with zero attached hydrogens (tertiary/aromatic N) is 1. The Balaban J connectivity index is 4.42. The van der Waals surface area contributed by atoms with Crippen molar-refractivity contribution in [1.82, 2.24) is 0 Å². The maximum absolute atomic E-state index is 12.7. The third-order valence-corrected chi connectivity index (χ3v) is 10.6. The van der Waals surface area contributed by atoms with Gasteiger partial charge in [0.25, 0.3) is 0 Å². The van der Waals surface area contributed by atoms with Gasteiger partial charge in [-0.1, -0.05) is 153 Å². The standard InChI is InChI=1S/C46H86NO8P/c1-6-8-10-12-14-16-18-20-22-23-25-26-28-30-32-34-36-38-45(48)52-42-44(43-54-56(50,51)53-41-40-47(3,4)5)55-46(49)39-37-35-33-31-29-27-24-21-19-17-15-13-11-9-7-2/h25-27,29-30,32,44H,6-24,28,31,33-43H2,1-5H3/p+1/b26-25+,29-27+,32-30+/t44-/m1/s1. The average molecular weight is 813 g/mol. The Labute approximate surface area is 344 Å². The summed E-state index contributed by atoms with van der Waals surface area (Å²) in [5.41, 5.74) is 0. The molecule has 1 N–H and O–H groups in total. The normalized spacial score (nSPS) is 13.9. The summed E-state index contributed by atoms with van der Waals surface area (Å²) in [6.07, 6.45) is 43.4. The summed E-state index contributed by atoms with van der Waals surface area (Å²) in [7, 11) is 1.45. The second-order valence-electron chi connectivity index (χ2n) is 16.4. The highest BCUT2D eigenvalue weighted by molar-refractivity contribution is 7.47. The van der Waals surface area contributed by atoms with Crippen molar-refractivity contribution in [2.24, 2.45) is 0 Å². The van der Waals surface area contributed by atoms with Gasteiger partial charge in [0.1, 0.15) is 19.8 Å². The third-order valence-electron chi connectivity index (χ3n) is 9.64. The number of ether oxygens (including phenoxy) is 2. The number of likely N-dealkylation sites (N-methyl/N-ethyl adjacent to an activating group) is 1. The molecule has 0 spiro atoms. The molecule has 9 nitrogen and oxygen atoms in total. The molecule has 0 amide bonds. The van der Waals surface area contributed by atoms with E-state index in [4.69, 9.17) is 18.5 Å². The van der Waals surface area contributed by atoms with Crippen LogP contribution in [-0.4, -0.2) is 74.9 Å². The number of phosphoric ester groups is 1. The number of quaternary nitrogens is 1. The number of rotatable bonds is 41. The summed E-state index contributed by atoms with van der Waals surface area (Å²) >= 11 is 0. The molecule has 0 saturated carbocycles. The lowest BCUT2D eigenvalue weighted by Crippen LogP contribution is -2.37. The minimum Gasteiger partial charge on any atom is -0.462 e. The van der Waals surface area contributed by atoms with Gasteiger partial charge in [0.15, 0.2) is 6.10 Å². The SMILES string of the molecule is CCCCCCCCCC/C=C/CCCCCC(=O)O[C@H](COC(=O)CCC/C=C/C/C=C/CCCCCCCCCCC)COP(=O)(O)OCC[N+](C)(C)C. The number of hydrogen-bond donors (Lipinski definition) is 1. The third kappa shape index (κ3) is 41.9. The molecule has 0 bridgehead atoms. The fourth-order valence-electron chi connectivity index (χ4n) is 6.05. The van der Waals surface area contributed by atoms with Gasteiger partial charge < -0.3 is 18.9 Å². The van der Waals surface area contributed by atoms with Crippen molar-refractivity contribution >= 4 is 19.8 Å². The van der Waals surface area contributed by atoms with Crippen LogP contribution in [0.3, 0.4) is 0 Å². The number of allylic oxidation sites excluding steroid dienone is 6. The van der Waals surface area contributed by atoms with E-state index in [-0.39, 0.29) is 26.1 Å². The molecule has 0 aromatic rings. The minimum absolute atomic E-state index is 0.0230. The smallest absolute Gasteiger partial charge is 0.462 e. The lowest BCUT2D eigenvalue weighted by Gasteiger charge is -2.24. The highest BCUT2D eigenvalue weighted by Gasteiger charge is 2.27. The molecule has 0 aliphatic heterocycles. The number of carbonyl (C=O) groups excluding carboxylic acids is 2. The summed E-state index contributed by atoms with van der Waals surface area (Å²) in [5.74, 6) is -0.867. The number of unbranched alkanes of at least 4 members (excludes halogenated alkanes) is 21. The van der Waals surface area contributed by atoms with Crippen LogP contribution in [0.2, 0.25) is 0 Å². The molecule has 0 aromatic carbocycles. The molecule has 0 rings (SSSR count). The molecule has 0 aliphatic carbocycles. The highest BCUT2D eigenvalue weighted by Crippen LogP contribution is 2.43. The van der Waals surface area contributed by atoms with Gasteiger partial charge in [-0.3, -0.25) is 18.6 Å². The first-order valence-electron chi connectivity index (χ1n) is 22.7. The fourth-order valence-corrected chi connectivity index (χ4v) is 6.79. The topological polar surface area (TPSA) is 108 Å². The quantitative estimate of drug-likeness (QED) is 0.0214. The summed E-state index contributed by atoms with van der Waals surface area (Å²) in [6, 6.07) is 0. The first-order valence-corrected chi connectivity index (χ1v) is 24.2. The molecule has 56 heavy (non-hydrogen) atoms. The zero-order chi connectivity index (χ0) is 41.4. The van der Waals surface area contributed by atoms with E-state index in [1.165, 1.54) is 109 Å². The Morgan fingerprint density at radius 3 is 1.48 bits per heavy atom. The number of hydrogen-bond acceptors (Lipinski definition) is 7. The number of carbonyl (C=O) groups is 2. The first kappa shape index (κ1) is 54.2. The second kappa shape index (κ2) is 38.7. The average Bonchev–Trinajstić information content (AvgIpc) is 3.15. The van der Waals surface area contributed by atoms with Crippen LogP contribution in [0.25, 0.3) is 0 Å². The molecule has 328 valence electrons. The van der Waals surface area contributed by atoms with Crippen LogP contribution in [-0.2, 0) is 32.7 Å². The maximum atomic E-state index is 12.7. The van der Waals surface area contributed by atoms with Crippen LogP contribution in [0.4, 0.5) is 0 Å². The van der Waals surface area contributed by atoms with Crippen LogP contribution in [0.5, 0.6) is 0 Å². The van der Waals surface area contributed by atoms with Crippen molar-refractivity contribution in [2.45, 2.75) is 200 Å². The van der Waals surface area contributed by atoms with Crippen molar-refractivity contribution in [2.75, 3.05) is 47.5 Å². The van der Waals surface area contributed by atoms with Crippen molar-refractivity contribution in [3.05, 3.63) is 36.5 Å². The molecular formula is C46H87NO8P+. The van der Waals surface area contributed by atoms with Gasteiger partial charge >= 0.3 is 19.8 Å². The molecule has 0 saturated heterocycles. The van der Waals surface area contributed by atoms with Crippen LogP contribution in [0.15, 0.2) is 36.5 Å². The van der Waals surface area contributed by atoms with Crippen molar-refractivity contribution < 1.29 is 42.1 Å². The second-order valence-corrected chi connectivity index (χ2v) is 17.9. The van der Waals surface area contributed by atoms with E-state index in [1.54, 1.807) is 0 Å².